The summed E-state index contributed by atoms with van der Waals surface area (Å²) in [6.45, 7) is 13.3. The van der Waals surface area contributed by atoms with Gasteiger partial charge in [-0.3, -0.25) is 4.90 Å². The van der Waals surface area contributed by atoms with E-state index < -0.39 is 0 Å². The summed E-state index contributed by atoms with van der Waals surface area (Å²) < 4.78 is 0. The minimum atomic E-state index is 0.463. The second kappa shape index (κ2) is 5.27. The molecule has 1 aliphatic carbocycles. The molecule has 0 aromatic rings. The molecule has 0 amide bonds. The fourth-order valence-corrected chi connectivity index (χ4v) is 3.91. The van der Waals surface area contributed by atoms with Crippen molar-refractivity contribution in [2.45, 2.75) is 65.5 Å². The summed E-state index contributed by atoms with van der Waals surface area (Å²) in [6.07, 6.45) is 5.58. The summed E-state index contributed by atoms with van der Waals surface area (Å²) in [4.78, 5) is 2.76. The third kappa shape index (κ3) is 2.85. The molecule has 2 nitrogen and oxygen atoms in total. The van der Waals surface area contributed by atoms with Gasteiger partial charge < -0.3 is 5.32 Å². The monoisotopic (exact) mass is 238 g/mol. The van der Waals surface area contributed by atoms with Crippen LogP contribution in [0.2, 0.25) is 0 Å². The van der Waals surface area contributed by atoms with Crippen LogP contribution in [0.5, 0.6) is 0 Å². The molecule has 0 bridgehead atoms. The molecule has 1 N–H and O–H groups in total. The fourth-order valence-electron chi connectivity index (χ4n) is 3.91. The van der Waals surface area contributed by atoms with Gasteiger partial charge in [-0.25, -0.2) is 0 Å². The predicted octanol–water partition coefficient (Wildman–Crippen LogP) is 2.89. The van der Waals surface area contributed by atoms with Crippen LogP contribution >= 0.6 is 0 Å². The Morgan fingerprint density at radius 2 is 2.06 bits per heavy atom. The maximum Gasteiger partial charge on any atom is 0.0274 e. The molecule has 0 aromatic heterocycles. The normalized spacial score (nSPS) is 38.5. The van der Waals surface area contributed by atoms with Crippen molar-refractivity contribution < 1.29 is 0 Å². The lowest BCUT2D eigenvalue weighted by molar-refractivity contribution is 0.0609. The SMILES string of the molecule is CCNC1C(N2CCC(C)C2)CCCC1(C)C. The summed E-state index contributed by atoms with van der Waals surface area (Å²) in [5, 5.41) is 3.77. The van der Waals surface area contributed by atoms with Crippen molar-refractivity contribution in [3.63, 3.8) is 0 Å². The van der Waals surface area contributed by atoms with E-state index in [4.69, 9.17) is 0 Å². The first kappa shape index (κ1) is 13.4. The lowest BCUT2D eigenvalue weighted by atomic mass is 9.70. The third-order valence-electron chi connectivity index (χ3n) is 4.90. The van der Waals surface area contributed by atoms with Crippen LogP contribution in [-0.4, -0.2) is 36.6 Å². The van der Waals surface area contributed by atoms with Gasteiger partial charge in [0.05, 0.1) is 0 Å². The topological polar surface area (TPSA) is 15.3 Å². The van der Waals surface area contributed by atoms with Crippen LogP contribution in [0.3, 0.4) is 0 Å². The van der Waals surface area contributed by atoms with Crippen LogP contribution in [0.25, 0.3) is 0 Å². The zero-order valence-electron chi connectivity index (χ0n) is 12.1. The molecule has 2 fully saturated rings. The molecule has 3 unspecified atom stereocenters. The molecule has 0 radical (unpaired) electrons. The van der Waals surface area contributed by atoms with Gasteiger partial charge in [-0.1, -0.05) is 34.1 Å². The van der Waals surface area contributed by atoms with Gasteiger partial charge in [0.2, 0.25) is 0 Å². The van der Waals surface area contributed by atoms with Crippen LogP contribution in [0, 0.1) is 11.3 Å². The molecule has 2 aliphatic rings. The second-order valence-electron chi connectivity index (χ2n) is 6.87. The minimum absolute atomic E-state index is 0.463. The Morgan fingerprint density at radius 3 is 2.65 bits per heavy atom. The third-order valence-corrected chi connectivity index (χ3v) is 4.90. The largest absolute Gasteiger partial charge is 0.312 e. The van der Waals surface area contributed by atoms with E-state index in [9.17, 15) is 0 Å². The van der Waals surface area contributed by atoms with Crippen molar-refractivity contribution in [2.75, 3.05) is 19.6 Å². The Hall–Kier alpha value is -0.0800. The summed E-state index contributed by atoms with van der Waals surface area (Å²) in [7, 11) is 0. The summed E-state index contributed by atoms with van der Waals surface area (Å²) in [5.74, 6) is 0.905. The number of hydrogen-bond donors (Lipinski definition) is 1. The highest BCUT2D eigenvalue weighted by Crippen LogP contribution is 2.39. The predicted molar refractivity (Wildman–Crippen MR) is 74.2 cm³/mol. The maximum absolute atomic E-state index is 3.77. The fraction of sp³-hybridized carbons (Fsp3) is 1.00. The first-order valence-corrected chi connectivity index (χ1v) is 7.52. The molecular weight excluding hydrogens is 208 g/mol. The summed E-state index contributed by atoms with van der Waals surface area (Å²) >= 11 is 0. The van der Waals surface area contributed by atoms with E-state index in [1.165, 1.54) is 38.8 Å². The van der Waals surface area contributed by atoms with Crippen molar-refractivity contribution in [2.24, 2.45) is 11.3 Å². The molecule has 1 saturated carbocycles. The van der Waals surface area contributed by atoms with Crippen LogP contribution in [0.15, 0.2) is 0 Å². The van der Waals surface area contributed by atoms with Gasteiger partial charge in [-0.15, -0.1) is 0 Å². The second-order valence-corrected chi connectivity index (χ2v) is 6.87. The molecule has 3 atom stereocenters. The zero-order chi connectivity index (χ0) is 12.5. The van der Waals surface area contributed by atoms with Gasteiger partial charge >= 0.3 is 0 Å². The summed E-state index contributed by atoms with van der Waals surface area (Å²) in [6, 6.07) is 1.47. The first-order chi connectivity index (χ1) is 8.04. The van der Waals surface area contributed by atoms with Crippen molar-refractivity contribution in [3.8, 4) is 0 Å². The van der Waals surface area contributed by atoms with Crippen molar-refractivity contribution >= 4 is 0 Å². The molecule has 100 valence electrons. The molecule has 2 heteroatoms. The van der Waals surface area contributed by atoms with Crippen LogP contribution in [0.4, 0.5) is 0 Å². The van der Waals surface area contributed by atoms with Crippen LogP contribution in [0.1, 0.15) is 53.4 Å². The van der Waals surface area contributed by atoms with E-state index in [1.54, 1.807) is 0 Å². The quantitative estimate of drug-likeness (QED) is 0.813. The van der Waals surface area contributed by atoms with E-state index in [0.29, 0.717) is 11.5 Å². The zero-order valence-corrected chi connectivity index (χ0v) is 12.1. The van der Waals surface area contributed by atoms with Crippen molar-refractivity contribution in [1.29, 1.82) is 0 Å². The Balaban J connectivity index is 2.07. The highest BCUT2D eigenvalue weighted by Gasteiger charge is 2.42. The van der Waals surface area contributed by atoms with E-state index in [-0.39, 0.29) is 0 Å². The van der Waals surface area contributed by atoms with Gasteiger partial charge in [-0.05, 0) is 43.7 Å². The van der Waals surface area contributed by atoms with Crippen molar-refractivity contribution in [1.82, 2.24) is 10.2 Å². The number of nitrogens with zero attached hydrogens (tertiary/aromatic N) is 1. The highest BCUT2D eigenvalue weighted by atomic mass is 15.2. The van der Waals surface area contributed by atoms with Crippen LogP contribution < -0.4 is 5.32 Å². The highest BCUT2D eigenvalue weighted by molar-refractivity contribution is 4.99. The minimum Gasteiger partial charge on any atom is -0.312 e. The standard InChI is InChI=1S/C15H30N2/c1-5-16-14-13(7-6-9-15(14,3)4)17-10-8-12(2)11-17/h12-14,16H,5-11H2,1-4H3. The molecule has 17 heavy (non-hydrogen) atoms. The Labute approximate surface area is 107 Å². The lowest BCUT2D eigenvalue weighted by Gasteiger charge is -2.48. The number of hydrogen-bond acceptors (Lipinski definition) is 2. The Morgan fingerprint density at radius 1 is 1.29 bits per heavy atom. The lowest BCUT2D eigenvalue weighted by Crippen LogP contribution is -2.58. The molecule has 1 aliphatic heterocycles. The summed E-state index contributed by atoms with van der Waals surface area (Å²) in [5.41, 5.74) is 0.463. The number of likely N-dealkylation sites (tertiary alicyclic amines) is 1. The van der Waals surface area contributed by atoms with E-state index in [2.05, 4.69) is 37.9 Å². The van der Waals surface area contributed by atoms with Crippen molar-refractivity contribution in [3.05, 3.63) is 0 Å². The van der Waals surface area contributed by atoms with Gasteiger partial charge in [0, 0.05) is 18.6 Å². The van der Waals surface area contributed by atoms with E-state index in [1.807, 2.05) is 0 Å². The first-order valence-electron chi connectivity index (χ1n) is 7.52. The average Bonchev–Trinajstić information content (AvgIpc) is 2.68. The van der Waals surface area contributed by atoms with E-state index in [0.717, 1.165) is 18.5 Å². The van der Waals surface area contributed by atoms with Gasteiger partial charge in [0.25, 0.3) is 0 Å². The molecule has 1 saturated heterocycles. The smallest absolute Gasteiger partial charge is 0.0274 e. The molecule has 0 spiro atoms. The van der Waals surface area contributed by atoms with Gasteiger partial charge in [0.15, 0.2) is 0 Å². The molecule has 0 aromatic carbocycles. The Kier molecular flexibility index (Phi) is 4.14. The number of likely N-dealkylation sites (N-methyl/N-ethyl adjacent to an activating group) is 1. The maximum atomic E-state index is 3.77. The number of rotatable bonds is 3. The molecule has 1 heterocycles. The van der Waals surface area contributed by atoms with Gasteiger partial charge in [-0.2, -0.15) is 0 Å². The molecular formula is C15H30N2. The van der Waals surface area contributed by atoms with Gasteiger partial charge in [0.1, 0.15) is 0 Å². The Bertz CT molecular complexity index is 249. The van der Waals surface area contributed by atoms with E-state index >= 15 is 0 Å². The number of nitrogens with one attached hydrogen (secondary N) is 1. The molecule has 2 rings (SSSR count). The van der Waals surface area contributed by atoms with Crippen LogP contribution in [-0.2, 0) is 0 Å². The average molecular weight is 238 g/mol.